The van der Waals surface area contributed by atoms with Gasteiger partial charge in [0.1, 0.15) is 6.67 Å². The Balaban J connectivity index is 0.000000465. The van der Waals surface area contributed by atoms with Crippen molar-refractivity contribution in [2.24, 2.45) is 5.14 Å². The van der Waals surface area contributed by atoms with Crippen molar-refractivity contribution in [3.8, 4) is 11.3 Å². The molecule has 0 atom stereocenters. The van der Waals surface area contributed by atoms with Crippen LogP contribution in [0.1, 0.15) is 25.5 Å². The molecular weight excluding hydrogens is 377 g/mol. The van der Waals surface area contributed by atoms with Crippen LogP contribution in [0, 0.1) is 0 Å². The maximum atomic E-state index is 13.4. The topological polar surface area (TPSA) is 144 Å². The number of aromatic nitrogens is 4. The summed E-state index contributed by atoms with van der Waals surface area (Å²) in [6.07, 6.45) is 2.58. The molecule has 0 aliphatic heterocycles. The minimum Gasteiger partial charge on any atom is -0.307 e. The van der Waals surface area contributed by atoms with Gasteiger partial charge in [-0.1, -0.05) is 0 Å². The summed E-state index contributed by atoms with van der Waals surface area (Å²) in [6, 6.07) is 4.97. The van der Waals surface area contributed by atoms with E-state index in [9.17, 15) is 22.4 Å². The SMILES string of the molecule is CC(C)n1nccc1-c1cc2c(=O)[nH]c(=O)[nH]c2cc1CF.CS(N)(=O)=O. The van der Waals surface area contributed by atoms with Crippen LogP contribution in [0.25, 0.3) is 22.2 Å². The van der Waals surface area contributed by atoms with Crippen molar-refractivity contribution < 1.29 is 12.8 Å². The van der Waals surface area contributed by atoms with Crippen LogP contribution in [-0.4, -0.2) is 34.4 Å². The van der Waals surface area contributed by atoms with Crippen LogP contribution in [0.2, 0.25) is 0 Å². The number of hydrogen-bond acceptors (Lipinski definition) is 5. The summed E-state index contributed by atoms with van der Waals surface area (Å²) in [5.74, 6) is 0. The van der Waals surface area contributed by atoms with Crippen LogP contribution in [-0.2, 0) is 16.7 Å². The molecule has 0 spiro atoms. The van der Waals surface area contributed by atoms with Crippen LogP contribution in [0.15, 0.2) is 34.0 Å². The molecule has 11 heteroatoms. The normalized spacial score (nSPS) is 11.5. The molecule has 0 bridgehead atoms. The van der Waals surface area contributed by atoms with Gasteiger partial charge in [-0.25, -0.2) is 22.7 Å². The molecule has 0 aliphatic rings. The van der Waals surface area contributed by atoms with Gasteiger partial charge in [-0.05, 0) is 37.6 Å². The smallest absolute Gasteiger partial charge is 0.307 e. The monoisotopic (exact) mass is 397 g/mol. The molecule has 0 amide bonds. The first-order valence-corrected chi connectivity index (χ1v) is 9.83. The number of nitrogens with two attached hydrogens (primary N) is 1. The van der Waals surface area contributed by atoms with E-state index in [1.807, 2.05) is 13.8 Å². The fourth-order valence-electron chi connectivity index (χ4n) is 2.55. The lowest BCUT2D eigenvalue weighted by Gasteiger charge is -2.14. The summed E-state index contributed by atoms with van der Waals surface area (Å²) in [7, 11) is -3.17. The highest BCUT2D eigenvalue weighted by Gasteiger charge is 2.15. The Kier molecular flexibility index (Phi) is 5.96. The molecule has 9 nitrogen and oxygen atoms in total. The van der Waals surface area contributed by atoms with Gasteiger partial charge >= 0.3 is 5.69 Å². The number of benzene rings is 1. The summed E-state index contributed by atoms with van der Waals surface area (Å²) in [4.78, 5) is 28.0. The number of primary sulfonamides is 1. The number of halogens is 1. The number of H-pyrrole nitrogens is 2. The Bertz CT molecular complexity index is 1170. The molecule has 0 aliphatic carbocycles. The average molecular weight is 397 g/mol. The molecule has 0 unspecified atom stereocenters. The van der Waals surface area contributed by atoms with Gasteiger partial charge in [0.25, 0.3) is 5.56 Å². The van der Waals surface area contributed by atoms with E-state index in [1.165, 1.54) is 6.07 Å². The molecule has 0 saturated carbocycles. The molecule has 1 aromatic carbocycles. The summed E-state index contributed by atoms with van der Waals surface area (Å²) in [5, 5.41) is 8.87. The molecule has 0 fully saturated rings. The molecule has 3 aromatic rings. The number of hydrogen-bond donors (Lipinski definition) is 3. The van der Waals surface area contributed by atoms with E-state index in [4.69, 9.17) is 0 Å². The highest BCUT2D eigenvalue weighted by Crippen LogP contribution is 2.28. The fraction of sp³-hybridized carbons (Fsp3) is 0.312. The third-order valence-corrected chi connectivity index (χ3v) is 3.54. The molecular formula is C16H20FN5O4S. The molecule has 2 aromatic heterocycles. The second kappa shape index (κ2) is 7.84. The first-order chi connectivity index (χ1) is 12.5. The quantitative estimate of drug-likeness (QED) is 0.605. The molecule has 146 valence electrons. The largest absolute Gasteiger partial charge is 0.326 e. The van der Waals surface area contributed by atoms with Crippen molar-refractivity contribution in [2.45, 2.75) is 26.6 Å². The second-order valence-electron chi connectivity index (χ2n) is 6.18. The van der Waals surface area contributed by atoms with Crippen LogP contribution in [0.3, 0.4) is 0 Å². The van der Waals surface area contributed by atoms with Gasteiger partial charge in [-0.2, -0.15) is 5.10 Å². The van der Waals surface area contributed by atoms with Crippen molar-refractivity contribution in [2.75, 3.05) is 6.26 Å². The predicted molar refractivity (Wildman–Crippen MR) is 101 cm³/mol. The Hall–Kier alpha value is -2.79. The molecule has 2 heterocycles. The average Bonchev–Trinajstić information content (AvgIpc) is 3.01. The van der Waals surface area contributed by atoms with Gasteiger partial charge in [0.15, 0.2) is 0 Å². The van der Waals surface area contributed by atoms with Crippen LogP contribution in [0.5, 0.6) is 0 Å². The van der Waals surface area contributed by atoms with Crippen LogP contribution >= 0.6 is 0 Å². The van der Waals surface area contributed by atoms with Crippen LogP contribution in [0.4, 0.5) is 4.39 Å². The Morgan fingerprint density at radius 1 is 1.26 bits per heavy atom. The minimum atomic E-state index is -3.17. The van der Waals surface area contributed by atoms with Crippen molar-refractivity contribution >= 4 is 20.9 Å². The summed E-state index contributed by atoms with van der Waals surface area (Å²) in [6.45, 7) is 3.23. The van der Waals surface area contributed by atoms with Crippen molar-refractivity contribution in [1.82, 2.24) is 19.7 Å². The third-order valence-electron chi connectivity index (χ3n) is 3.54. The zero-order valence-electron chi connectivity index (χ0n) is 15.0. The van der Waals surface area contributed by atoms with Crippen molar-refractivity contribution in [3.63, 3.8) is 0 Å². The first kappa shape index (κ1) is 20.5. The van der Waals surface area contributed by atoms with Crippen molar-refractivity contribution in [1.29, 1.82) is 0 Å². The van der Waals surface area contributed by atoms with Gasteiger partial charge < -0.3 is 4.98 Å². The van der Waals surface area contributed by atoms with E-state index in [-0.39, 0.29) is 6.04 Å². The van der Waals surface area contributed by atoms with Crippen molar-refractivity contribution in [3.05, 3.63) is 50.8 Å². The zero-order chi connectivity index (χ0) is 20.4. The molecule has 0 saturated heterocycles. The van der Waals surface area contributed by atoms with E-state index in [2.05, 4.69) is 20.2 Å². The Morgan fingerprint density at radius 3 is 2.44 bits per heavy atom. The Morgan fingerprint density at radius 2 is 1.89 bits per heavy atom. The highest BCUT2D eigenvalue weighted by atomic mass is 32.2. The summed E-state index contributed by atoms with van der Waals surface area (Å²) in [5.41, 5.74) is 0.939. The number of rotatable bonds is 3. The highest BCUT2D eigenvalue weighted by molar-refractivity contribution is 7.88. The van der Waals surface area contributed by atoms with Gasteiger partial charge in [-0.3, -0.25) is 14.5 Å². The Labute approximate surface area is 154 Å². The lowest BCUT2D eigenvalue weighted by atomic mass is 10.0. The lowest BCUT2D eigenvalue weighted by Crippen LogP contribution is -2.22. The predicted octanol–water partition coefficient (Wildman–Crippen LogP) is 1.03. The second-order valence-corrected chi connectivity index (χ2v) is 7.84. The third kappa shape index (κ3) is 5.11. The number of nitrogens with zero attached hydrogens (tertiary/aromatic N) is 2. The number of aromatic amines is 2. The molecule has 27 heavy (non-hydrogen) atoms. The van der Waals surface area contributed by atoms with Gasteiger partial charge in [-0.15, -0.1) is 0 Å². The summed E-state index contributed by atoms with van der Waals surface area (Å²) >= 11 is 0. The lowest BCUT2D eigenvalue weighted by molar-refractivity contribution is 0.485. The standard InChI is InChI=1S/C15H15FN4O2.CH5NO2S/c1-8(2)20-13(3-4-17-20)10-6-11-12(5-9(10)7-16)18-15(22)19-14(11)21;1-5(2,3)4/h3-6,8H,7H2,1-2H3,(H2,18,19,21,22);1H3,(H2,2,3,4). The van der Waals surface area contributed by atoms with Gasteiger partial charge in [0.05, 0.1) is 22.9 Å². The first-order valence-electron chi connectivity index (χ1n) is 7.88. The molecule has 4 N–H and O–H groups in total. The number of nitrogens with one attached hydrogen (secondary N) is 2. The van der Waals surface area contributed by atoms with E-state index >= 15 is 0 Å². The van der Waals surface area contributed by atoms with E-state index in [1.54, 1.807) is 23.0 Å². The summed E-state index contributed by atoms with van der Waals surface area (Å²) < 4.78 is 34.0. The van der Waals surface area contributed by atoms with Gasteiger partial charge in [0, 0.05) is 17.8 Å². The van der Waals surface area contributed by atoms with E-state index < -0.39 is 27.9 Å². The van der Waals surface area contributed by atoms with Crippen LogP contribution < -0.4 is 16.4 Å². The maximum Gasteiger partial charge on any atom is 0.326 e. The molecule has 0 radical (unpaired) electrons. The van der Waals surface area contributed by atoms with E-state index in [0.717, 1.165) is 11.9 Å². The molecule has 3 rings (SSSR count). The van der Waals surface area contributed by atoms with E-state index in [0.29, 0.717) is 22.0 Å². The maximum absolute atomic E-state index is 13.4. The minimum absolute atomic E-state index is 0.0991. The zero-order valence-corrected chi connectivity index (χ0v) is 15.8. The van der Waals surface area contributed by atoms with Gasteiger partial charge in [0.2, 0.25) is 10.0 Å². The number of fused-ring (bicyclic) bond motifs is 1. The fourth-order valence-corrected chi connectivity index (χ4v) is 2.55. The number of alkyl halides is 1. The number of sulfonamides is 1.